The summed E-state index contributed by atoms with van der Waals surface area (Å²) in [5.74, 6) is 0. The molecule has 0 fully saturated rings. The van der Waals surface area contributed by atoms with E-state index in [0.717, 1.165) is 26.3 Å². The molecule has 0 radical (unpaired) electrons. The highest BCUT2D eigenvalue weighted by atomic mass is 16.5. The molecule has 0 spiro atoms. The van der Waals surface area contributed by atoms with Gasteiger partial charge in [-0.25, -0.2) is 0 Å². The van der Waals surface area contributed by atoms with Gasteiger partial charge in [0.1, 0.15) is 0 Å². The first kappa shape index (κ1) is 17.8. The predicted molar refractivity (Wildman–Crippen MR) is 73.9 cm³/mol. The van der Waals surface area contributed by atoms with E-state index in [-0.39, 0.29) is 5.54 Å². The molecule has 5 nitrogen and oxygen atoms in total. The van der Waals surface area contributed by atoms with Crippen molar-refractivity contribution in [1.29, 1.82) is 0 Å². The van der Waals surface area contributed by atoms with Gasteiger partial charge in [0.25, 0.3) is 0 Å². The lowest BCUT2D eigenvalue weighted by Gasteiger charge is -2.40. The van der Waals surface area contributed by atoms with Gasteiger partial charge in [-0.1, -0.05) is 0 Å². The Labute approximate surface area is 112 Å². The van der Waals surface area contributed by atoms with E-state index in [4.69, 9.17) is 19.9 Å². The summed E-state index contributed by atoms with van der Waals surface area (Å²) in [6.07, 6.45) is 0. The standard InChI is InChI=1S/C13H30N2O3/c1-5-17-9-7-15(8-10-18-6-2)13(3,11-14)12-16-4/h5-12,14H2,1-4H3. The monoisotopic (exact) mass is 262 g/mol. The van der Waals surface area contributed by atoms with Crippen molar-refractivity contribution in [2.24, 2.45) is 5.73 Å². The Morgan fingerprint density at radius 3 is 1.89 bits per heavy atom. The molecule has 0 saturated carbocycles. The van der Waals surface area contributed by atoms with Crippen LogP contribution in [0.15, 0.2) is 0 Å². The Kier molecular flexibility index (Phi) is 10.6. The molecule has 0 saturated heterocycles. The summed E-state index contributed by atoms with van der Waals surface area (Å²) in [5.41, 5.74) is 5.74. The Morgan fingerprint density at radius 2 is 1.56 bits per heavy atom. The zero-order valence-electron chi connectivity index (χ0n) is 12.4. The smallest absolute Gasteiger partial charge is 0.0656 e. The molecule has 0 amide bonds. The molecule has 0 heterocycles. The van der Waals surface area contributed by atoms with E-state index in [2.05, 4.69) is 11.8 Å². The maximum atomic E-state index is 5.90. The summed E-state index contributed by atoms with van der Waals surface area (Å²) in [4.78, 5) is 2.29. The third kappa shape index (κ3) is 6.66. The zero-order valence-corrected chi connectivity index (χ0v) is 12.4. The summed E-state index contributed by atoms with van der Waals surface area (Å²) >= 11 is 0. The van der Waals surface area contributed by atoms with E-state index in [0.29, 0.717) is 26.4 Å². The highest BCUT2D eigenvalue weighted by Crippen LogP contribution is 2.14. The quantitative estimate of drug-likeness (QED) is 0.525. The maximum Gasteiger partial charge on any atom is 0.0656 e. The Morgan fingerprint density at radius 1 is 1.06 bits per heavy atom. The lowest BCUT2D eigenvalue weighted by atomic mass is 10.0. The van der Waals surface area contributed by atoms with E-state index >= 15 is 0 Å². The molecule has 0 aliphatic heterocycles. The summed E-state index contributed by atoms with van der Waals surface area (Å²) < 4.78 is 16.1. The van der Waals surface area contributed by atoms with Gasteiger partial charge in [-0.05, 0) is 20.8 Å². The third-order valence-electron chi connectivity index (χ3n) is 3.08. The van der Waals surface area contributed by atoms with Gasteiger partial charge in [-0.15, -0.1) is 0 Å². The lowest BCUT2D eigenvalue weighted by molar-refractivity contribution is -0.00819. The van der Waals surface area contributed by atoms with Crippen LogP contribution in [0, 0.1) is 0 Å². The summed E-state index contributed by atoms with van der Waals surface area (Å²) in [7, 11) is 1.71. The van der Waals surface area contributed by atoms with Gasteiger partial charge >= 0.3 is 0 Å². The SMILES string of the molecule is CCOCCN(CCOCC)C(C)(CN)COC. The molecule has 0 aliphatic carbocycles. The van der Waals surface area contributed by atoms with E-state index in [1.165, 1.54) is 0 Å². The topological polar surface area (TPSA) is 57.0 Å². The molecule has 5 heteroatoms. The minimum absolute atomic E-state index is 0.164. The number of ether oxygens (including phenoxy) is 3. The van der Waals surface area contributed by atoms with Gasteiger partial charge in [0, 0.05) is 40.0 Å². The van der Waals surface area contributed by atoms with Crippen molar-refractivity contribution in [3.05, 3.63) is 0 Å². The number of hydrogen-bond donors (Lipinski definition) is 1. The maximum absolute atomic E-state index is 5.90. The second-order valence-corrected chi connectivity index (χ2v) is 4.51. The van der Waals surface area contributed by atoms with Crippen LogP contribution in [-0.2, 0) is 14.2 Å². The minimum Gasteiger partial charge on any atom is -0.383 e. The predicted octanol–water partition coefficient (Wildman–Crippen LogP) is 0.725. The normalized spacial score (nSPS) is 15.0. The minimum atomic E-state index is -0.164. The average molecular weight is 262 g/mol. The van der Waals surface area contributed by atoms with Crippen molar-refractivity contribution in [1.82, 2.24) is 4.90 Å². The first-order chi connectivity index (χ1) is 8.64. The Hall–Kier alpha value is -0.200. The lowest BCUT2D eigenvalue weighted by Crippen LogP contribution is -2.56. The number of rotatable bonds is 12. The second kappa shape index (κ2) is 10.7. The number of nitrogens with two attached hydrogens (primary N) is 1. The number of hydrogen-bond acceptors (Lipinski definition) is 5. The highest BCUT2D eigenvalue weighted by molar-refractivity contribution is 4.87. The van der Waals surface area contributed by atoms with Gasteiger partial charge < -0.3 is 19.9 Å². The number of methoxy groups -OCH3 is 1. The van der Waals surface area contributed by atoms with Crippen LogP contribution in [0.5, 0.6) is 0 Å². The van der Waals surface area contributed by atoms with Crippen LogP contribution < -0.4 is 5.73 Å². The number of nitrogens with zero attached hydrogens (tertiary/aromatic N) is 1. The summed E-state index contributed by atoms with van der Waals surface area (Å²) in [6, 6.07) is 0. The Bertz CT molecular complexity index is 183. The van der Waals surface area contributed by atoms with E-state index in [1.807, 2.05) is 13.8 Å². The third-order valence-corrected chi connectivity index (χ3v) is 3.08. The van der Waals surface area contributed by atoms with E-state index in [9.17, 15) is 0 Å². The van der Waals surface area contributed by atoms with E-state index in [1.54, 1.807) is 7.11 Å². The average Bonchev–Trinajstić information content (AvgIpc) is 2.37. The fourth-order valence-electron chi connectivity index (χ4n) is 1.88. The summed E-state index contributed by atoms with van der Waals surface area (Å²) in [5, 5.41) is 0. The van der Waals surface area contributed by atoms with Crippen LogP contribution in [0.1, 0.15) is 20.8 Å². The zero-order chi connectivity index (χ0) is 13.9. The van der Waals surface area contributed by atoms with Crippen LogP contribution in [0.3, 0.4) is 0 Å². The molecule has 0 aromatic heterocycles. The van der Waals surface area contributed by atoms with Crippen LogP contribution >= 0.6 is 0 Å². The molecule has 0 aromatic rings. The van der Waals surface area contributed by atoms with E-state index < -0.39 is 0 Å². The highest BCUT2D eigenvalue weighted by Gasteiger charge is 2.30. The molecule has 0 bridgehead atoms. The molecule has 1 unspecified atom stereocenters. The van der Waals surface area contributed by atoms with Crippen molar-refractivity contribution in [3.63, 3.8) is 0 Å². The first-order valence-corrected chi connectivity index (χ1v) is 6.74. The van der Waals surface area contributed by atoms with Gasteiger partial charge in [0.15, 0.2) is 0 Å². The first-order valence-electron chi connectivity index (χ1n) is 6.74. The van der Waals surface area contributed by atoms with Crippen molar-refractivity contribution >= 4 is 0 Å². The van der Waals surface area contributed by atoms with Gasteiger partial charge in [-0.2, -0.15) is 0 Å². The van der Waals surface area contributed by atoms with Crippen molar-refractivity contribution < 1.29 is 14.2 Å². The largest absolute Gasteiger partial charge is 0.383 e. The van der Waals surface area contributed by atoms with Gasteiger partial charge in [0.2, 0.25) is 0 Å². The van der Waals surface area contributed by atoms with Crippen LogP contribution in [0.4, 0.5) is 0 Å². The molecule has 110 valence electrons. The molecule has 0 aromatic carbocycles. The van der Waals surface area contributed by atoms with Gasteiger partial charge in [-0.3, -0.25) is 4.90 Å². The molecule has 0 aliphatic rings. The molecular weight excluding hydrogens is 232 g/mol. The fraction of sp³-hybridized carbons (Fsp3) is 1.00. The van der Waals surface area contributed by atoms with Crippen LogP contribution in [0.2, 0.25) is 0 Å². The van der Waals surface area contributed by atoms with Gasteiger partial charge in [0.05, 0.1) is 25.4 Å². The molecule has 0 rings (SSSR count). The van der Waals surface area contributed by atoms with Crippen molar-refractivity contribution in [2.75, 3.05) is 59.8 Å². The molecule has 1 atom stereocenters. The Balaban J connectivity index is 4.38. The van der Waals surface area contributed by atoms with Crippen LogP contribution in [-0.4, -0.2) is 70.2 Å². The van der Waals surface area contributed by atoms with Crippen LogP contribution in [0.25, 0.3) is 0 Å². The molecular formula is C13H30N2O3. The second-order valence-electron chi connectivity index (χ2n) is 4.51. The van der Waals surface area contributed by atoms with Crippen molar-refractivity contribution in [3.8, 4) is 0 Å². The fourth-order valence-corrected chi connectivity index (χ4v) is 1.88. The summed E-state index contributed by atoms with van der Waals surface area (Å²) in [6.45, 7) is 11.9. The molecule has 2 N–H and O–H groups in total. The van der Waals surface area contributed by atoms with Crippen molar-refractivity contribution in [2.45, 2.75) is 26.3 Å². The molecule has 18 heavy (non-hydrogen) atoms.